The number of nitrogens with one attached hydrogen (secondary N) is 1. The van der Waals surface area contributed by atoms with Gasteiger partial charge in [0, 0.05) is 6.54 Å². The van der Waals surface area contributed by atoms with Gasteiger partial charge in [-0.2, -0.15) is 0 Å². The van der Waals surface area contributed by atoms with Gasteiger partial charge in [-0.1, -0.05) is 0 Å². The molecule has 1 unspecified atom stereocenters. The largest absolute Gasteiger partial charge is 0.229 e. The first kappa shape index (κ1) is 12.9. The van der Waals surface area contributed by atoms with Gasteiger partial charge in [0.05, 0.1) is 16.3 Å². The van der Waals surface area contributed by atoms with Crippen molar-refractivity contribution in [2.24, 2.45) is 0 Å². The van der Waals surface area contributed by atoms with E-state index in [9.17, 15) is 16.8 Å². The molecule has 1 N–H and O–H groups in total. The van der Waals surface area contributed by atoms with Crippen LogP contribution in [0.15, 0.2) is 0 Å². The van der Waals surface area contributed by atoms with Crippen LogP contribution in [0.3, 0.4) is 0 Å². The van der Waals surface area contributed by atoms with Gasteiger partial charge in [0.15, 0.2) is 9.84 Å². The summed E-state index contributed by atoms with van der Waals surface area (Å²) in [7, 11) is -6.41. The second kappa shape index (κ2) is 4.39. The fourth-order valence-electron chi connectivity index (χ4n) is 1.46. The molecule has 0 amide bonds. The van der Waals surface area contributed by atoms with E-state index in [2.05, 4.69) is 4.72 Å². The Kier molecular flexibility index (Phi) is 3.78. The van der Waals surface area contributed by atoms with Gasteiger partial charge in [-0.25, -0.2) is 21.6 Å². The van der Waals surface area contributed by atoms with E-state index >= 15 is 0 Å². The Bertz CT molecular complexity index is 410. The number of sulfone groups is 1. The molecular weight excluding hydrogens is 238 g/mol. The molecule has 0 spiro atoms. The van der Waals surface area contributed by atoms with E-state index in [-0.39, 0.29) is 12.3 Å². The molecule has 0 saturated carbocycles. The highest BCUT2D eigenvalue weighted by Gasteiger charge is 2.32. The highest BCUT2D eigenvalue weighted by molar-refractivity contribution is 7.92. The summed E-state index contributed by atoms with van der Waals surface area (Å²) in [4.78, 5) is 0. The smallest absolute Gasteiger partial charge is 0.213 e. The van der Waals surface area contributed by atoms with E-state index in [0.717, 1.165) is 0 Å². The summed E-state index contributed by atoms with van der Waals surface area (Å²) in [5.74, 6) is 0.182. The molecule has 1 atom stereocenters. The highest BCUT2D eigenvalue weighted by Crippen LogP contribution is 2.19. The fourth-order valence-corrected chi connectivity index (χ4v) is 4.10. The topological polar surface area (TPSA) is 80.3 Å². The first-order valence-corrected chi connectivity index (χ1v) is 8.22. The molecule has 1 saturated heterocycles. The minimum absolute atomic E-state index is 0.0167. The van der Waals surface area contributed by atoms with Gasteiger partial charge in [0.1, 0.15) is 0 Å². The third kappa shape index (κ3) is 3.15. The van der Waals surface area contributed by atoms with Crippen molar-refractivity contribution in [2.75, 3.05) is 12.3 Å². The zero-order valence-corrected chi connectivity index (χ0v) is 10.6. The molecule has 1 aliphatic heterocycles. The Morgan fingerprint density at radius 2 is 2.00 bits per heavy atom. The molecule has 0 aromatic heterocycles. The second-order valence-corrected chi connectivity index (χ2v) is 8.80. The quantitative estimate of drug-likeness (QED) is 0.760. The van der Waals surface area contributed by atoms with Crippen molar-refractivity contribution in [3.05, 3.63) is 0 Å². The minimum Gasteiger partial charge on any atom is -0.229 e. The maximum Gasteiger partial charge on any atom is 0.213 e. The molecule has 7 heteroatoms. The standard InChI is InChI=1S/C8H17NO4S2/c1-7(2)15(12,13)9-6-8-4-3-5-14(8,10)11/h7-9H,3-6H2,1-2H3. The molecule has 0 aromatic rings. The molecule has 0 aromatic carbocycles. The fraction of sp³-hybridized carbons (Fsp3) is 1.00. The van der Waals surface area contributed by atoms with E-state index in [0.29, 0.717) is 12.8 Å². The van der Waals surface area contributed by atoms with Crippen molar-refractivity contribution < 1.29 is 16.8 Å². The van der Waals surface area contributed by atoms with E-state index in [1.54, 1.807) is 13.8 Å². The molecule has 1 rings (SSSR count). The maximum atomic E-state index is 11.4. The minimum atomic E-state index is -3.35. The molecule has 90 valence electrons. The van der Waals surface area contributed by atoms with Crippen LogP contribution >= 0.6 is 0 Å². The van der Waals surface area contributed by atoms with Crippen LogP contribution in [-0.4, -0.2) is 39.6 Å². The molecular formula is C8H17NO4S2. The molecule has 1 heterocycles. The SMILES string of the molecule is CC(C)S(=O)(=O)NCC1CCCS1(=O)=O. The van der Waals surface area contributed by atoms with Gasteiger partial charge in [-0.15, -0.1) is 0 Å². The average Bonchev–Trinajstić information content (AvgIpc) is 2.41. The predicted octanol–water partition coefficient (Wildman–Crippen LogP) is -0.109. The lowest BCUT2D eigenvalue weighted by atomic mass is 10.2. The Morgan fingerprint density at radius 3 is 2.40 bits per heavy atom. The molecule has 0 aliphatic carbocycles. The van der Waals surface area contributed by atoms with Crippen molar-refractivity contribution in [2.45, 2.75) is 37.2 Å². The third-order valence-corrected chi connectivity index (χ3v) is 6.68. The summed E-state index contributed by atoms with van der Waals surface area (Å²) in [6.07, 6.45) is 1.19. The normalized spacial score (nSPS) is 25.9. The van der Waals surface area contributed by atoms with Crippen molar-refractivity contribution in [3.8, 4) is 0 Å². The summed E-state index contributed by atoms with van der Waals surface area (Å²) >= 11 is 0. The summed E-state index contributed by atoms with van der Waals surface area (Å²) in [6.45, 7) is 3.14. The lowest BCUT2D eigenvalue weighted by molar-refractivity contribution is 0.564. The van der Waals surface area contributed by atoms with Crippen molar-refractivity contribution in [1.82, 2.24) is 4.72 Å². The van der Waals surface area contributed by atoms with E-state index in [1.807, 2.05) is 0 Å². The Morgan fingerprint density at radius 1 is 1.40 bits per heavy atom. The summed E-state index contributed by atoms with van der Waals surface area (Å²) in [5, 5.41) is -1.06. The lowest BCUT2D eigenvalue weighted by Gasteiger charge is -2.13. The van der Waals surface area contributed by atoms with E-state index < -0.39 is 30.4 Å². The Labute approximate surface area is 91.2 Å². The molecule has 15 heavy (non-hydrogen) atoms. The number of rotatable bonds is 4. The number of hydrogen-bond donors (Lipinski definition) is 1. The predicted molar refractivity (Wildman–Crippen MR) is 58.9 cm³/mol. The highest BCUT2D eigenvalue weighted by atomic mass is 32.2. The van der Waals surface area contributed by atoms with Crippen molar-refractivity contribution in [1.29, 1.82) is 0 Å². The van der Waals surface area contributed by atoms with Crippen molar-refractivity contribution in [3.63, 3.8) is 0 Å². The van der Waals surface area contributed by atoms with Gasteiger partial charge >= 0.3 is 0 Å². The van der Waals surface area contributed by atoms with Gasteiger partial charge in [-0.3, -0.25) is 0 Å². The van der Waals surface area contributed by atoms with Gasteiger partial charge in [-0.05, 0) is 26.7 Å². The van der Waals surface area contributed by atoms with E-state index in [4.69, 9.17) is 0 Å². The summed E-state index contributed by atoms with van der Waals surface area (Å²) in [5.41, 5.74) is 0. The third-order valence-electron chi connectivity index (χ3n) is 2.60. The molecule has 0 radical (unpaired) electrons. The summed E-state index contributed by atoms with van der Waals surface area (Å²) < 4.78 is 48.0. The average molecular weight is 255 g/mol. The van der Waals surface area contributed by atoms with Crippen molar-refractivity contribution >= 4 is 19.9 Å². The van der Waals surface area contributed by atoms with Gasteiger partial charge < -0.3 is 0 Å². The number of sulfonamides is 1. The Hall–Kier alpha value is -0.140. The van der Waals surface area contributed by atoms with Crippen LogP contribution in [0, 0.1) is 0 Å². The first-order valence-electron chi connectivity index (χ1n) is 4.96. The van der Waals surface area contributed by atoms with Crippen LogP contribution in [0.2, 0.25) is 0 Å². The van der Waals surface area contributed by atoms with Crippen LogP contribution in [0.1, 0.15) is 26.7 Å². The molecule has 5 nitrogen and oxygen atoms in total. The van der Waals surface area contributed by atoms with E-state index in [1.165, 1.54) is 0 Å². The lowest BCUT2D eigenvalue weighted by Crippen LogP contribution is -2.38. The molecule has 1 aliphatic rings. The number of hydrogen-bond acceptors (Lipinski definition) is 4. The molecule has 1 fully saturated rings. The monoisotopic (exact) mass is 255 g/mol. The molecule has 0 bridgehead atoms. The first-order chi connectivity index (χ1) is 6.76. The zero-order chi connectivity index (χ0) is 11.7. The van der Waals surface area contributed by atoms with Crippen LogP contribution in [-0.2, 0) is 19.9 Å². The van der Waals surface area contributed by atoms with Crippen LogP contribution in [0.4, 0.5) is 0 Å². The van der Waals surface area contributed by atoms with Crippen LogP contribution < -0.4 is 4.72 Å². The zero-order valence-electron chi connectivity index (χ0n) is 8.93. The summed E-state index contributed by atoms with van der Waals surface area (Å²) in [6, 6.07) is 0. The van der Waals surface area contributed by atoms with Gasteiger partial charge in [0.25, 0.3) is 0 Å². The second-order valence-electron chi connectivity index (χ2n) is 4.07. The Balaban J connectivity index is 2.59. The van der Waals surface area contributed by atoms with Crippen LogP contribution in [0.5, 0.6) is 0 Å². The van der Waals surface area contributed by atoms with Crippen LogP contribution in [0.25, 0.3) is 0 Å². The maximum absolute atomic E-state index is 11.4. The van der Waals surface area contributed by atoms with Gasteiger partial charge in [0.2, 0.25) is 10.0 Å².